The maximum Gasteiger partial charge on any atom is 0.264 e. The van der Waals surface area contributed by atoms with Gasteiger partial charge in [0, 0.05) is 11.6 Å². The fourth-order valence-corrected chi connectivity index (χ4v) is 5.28. The predicted octanol–water partition coefficient (Wildman–Crippen LogP) is 1.91. The molecule has 0 saturated heterocycles. The standard InChI is InChI=1S/C20H28N2O6S2/c1-14(13-23)21-29(25,26)17-9-11-18(12-10-17)30(27,28)22-19(24)15-5-7-16(8-6-15)20(2,3)4/h5-9,11,14,21,23H,10,12-13H2,1-4H3,(H,22,24). The molecule has 1 aliphatic rings. The van der Waals surface area contributed by atoms with E-state index in [0.717, 1.165) is 5.56 Å². The molecule has 0 radical (unpaired) electrons. The van der Waals surface area contributed by atoms with Crippen molar-refractivity contribution in [2.75, 3.05) is 6.61 Å². The second kappa shape index (κ2) is 9.01. The first-order valence-corrected chi connectivity index (χ1v) is 12.4. The summed E-state index contributed by atoms with van der Waals surface area (Å²) in [5, 5.41) is 9.00. The number of amides is 1. The van der Waals surface area contributed by atoms with Gasteiger partial charge in [-0.05, 0) is 55.0 Å². The number of hydrogen-bond acceptors (Lipinski definition) is 6. The zero-order valence-corrected chi connectivity index (χ0v) is 19.1. The van der Waals surface area contributed by atoms with Gasteiger partial charge < -0.3 is 5.11 Å². The van der Waals surface area contributed by atoms with Gasteiger partial charge >= 0.3 is 0 Å². The Morgan fingerprint density at radius 2 is 1.50 bits per heavy atom. The minimum atomic E-state index is -4.10. The van der Waals surface area contributed by atoms with Gasteiger partial charge in [0.1, 0.15) is 0 Å². The number of nitrogens with one attached hydrogen (secondary N) is 2. The third kappa shape index (κ3) is 6.00. The highest BCUT2D eigenvalue weighted by Gasteiger charge is 2.27. The first-order valence-electron chi connectivity index (χ1n) is 9.47. The monoisotopic (exact) mass is 456 g/mol. The average molecular weight is 457 g/mol. The Bertz CT molecular complexity index is 1060. The number of sulfonamides is 2. The molecule has 0 fully saturated rings. The Hall–Kier alpha value is -2.01. The molecule has 10 heteroatoms. The minimum Gasteiger partial charge on any atom is -0.395 e. The van der Waals surface area contributed by atoms with E-state index in [1.54, 1.807) is 24.3 Å². The fourth-order valence-electron chi connectivity index (χ4n) is 2.79. The summed E-state index contributed by atoms with van der Waals surface area (Å²) in [5.74, 6) is -0.753. The molecule has 1 amide bonds. The van der Waals surface area contributed by atoms with Gasteiger partial charge in [-0.1, -0.05) is 32.9 Å². The second-order valence-corrected chi connectivity index (χ2v) is 11.7. The number of aliphatic hydroxyl groups excluding tert-OH is 1. The molecule has 1 atom stereocenters. The highest BCUT2D eigenvalue weighted by Crippen LogP contribution is 2.26. The first-order chi connectivity index (χ1) is 13.8. The van der Waals surface area contributed by atoms with Crippen LogP contribution < -0.4 is 9.44 Å². The minimum absolute atomic E-state index is 0.0193. The van der Waals surface area contributed by atoms with Crippen molar-refractivity contribution in [1.82, 2.24) is 9.44 Å². The maximum atomic E-state index is 12.5. The zero-order valence-electron chi connectivity index (χ0n) is 17.5. The Balaban J connectivity index is 2.15. The molecule has 1 aliphatic carbocycles. The topological polar surface area (TPSA) is 130 Å². The summed E-state index contributed by atoms with van der Waals surface area (Å²) in [6.07, 6.45) is 2.29. The number of hydrogen-bond donors (Lipinski definition) is 3. The Kier molecular flexibility index (Phi) is 7.28. The van der Waals surface area contributed by atoms with E-state index in [2.05, 4.69) is 4.72 Å². The third-order valence-electron chi connectivity index (χ3n) is 4.63. The van der Waals surface area contributed by atoms with Gasteiger partial charge in [-0.15, -0.1) is 0 Å². The number of allylic oxidation sites excluding steroid dienone is 4. The summed E-state index contributed by atoms with van der Waals surface area (Å²) in [4.78, 5) is 12.3. The molecule has 0 heterocycles. The van der Waals surface area contributed by atoms with Gasteiger partial charge in [-0.25, -0.2) is 26.3 Å². The molecule has 1 aromatic rings. The van der Waals surface area contributed by atoms with Crippen LogP contribution in [0.3, 0.4) is 0 Å². The van der Waals surface area contributed by atoms with Crippen molar-refractivity contribution in [3.63, 3.8) is 0 Å². The molecule has 2 rings (SSSR count). The number of benzene rings is 1. The zero-order chi connectivity index (χ0) is 22.7. The van der Waals surface area contributed by atoms with E-state index in [1.807, 2.05) is 25.5 Å². The molecule has 30 heavy (non-hydrogen) atoms. The Morgan fingerprint density at radius 1 is 1.00 bits per heavy atom. The number of rotatable bonds is 7. The molecule has 166 valence electrons. The largest absolute Gasteiger partial charge is 0.395 e. The number of carbonyl (C=O) groups excluding carboxylic acids is 1. The maximum absolute atomic E-state index is 12.5. The van der Waals surface area contributed by atoms with E-state index < -0.39 is 32.0 Å². The van der Waals surface area contributed by atoms with E-state index in [0.29, 0.717) is 0 Å². The lowest BCUT2D eigenvalue weighted by Crippen LogP contribution is -2.36. The van der Waals surface area contributed by atoms with E-state index >= 15 is 0 Å². The van der Waals surface area contributed by atoms with Crippen LogP contribution >= 0.6 is 0 Å². The molecule has 0 aromatic heterocycles. The van der Waals surface area contributed by atoms with Gasteiger partial charge in [0.05, 0.1) is 16.4 Å². The number of aliphatic hydroxyl groups is 1. The molecule has 0 saturated carbocycles. The highest BCUT2D eigenvalue weighted by molar-refractivity contribution is 7.94. The quantitative estimate of drug-likeness (QED) is 0.575. The molecule has 3 N–H and O–H groups in total. The summed E-state index contributed by atoms with van der Waals surface area (Å²) in [5.41, 5.74) is 1.13. The van der Waals surface area contributed by atoms with Crippen LogP contribution in [0.15, 0.2) is 46.2 Å². The van der Waals surface area contributed by atoms with Crippen molar-refractivity contribution in [2.24, 2.45) is 0 Å². The van der Waals surface area contributed by atoms with Crippen LogP contribution in [-0.2, 0) is 25.5 Å². The first kappa shape index (κ1) is 24.3. The van der Waals surface area contributed by atoms with Crippen molar-refractivity contribution in [3.05, 3.63) is 57.4 Å². The lowest BCUT2D eigenvalue weighted by molar-refractivity contribution is 0.0981. The third-order valence-corrected chi connectivity index (χ3v) is 7.86. The molecule has 1 unspecified atom stereocenters. The van der Waals surface area contributed by atoms with Crippen molar-refractivity contribution in [2.45, 2.75) is 52.0 Å². The van der Waals surface area contributed by atoms with E-state index in [9.17, 15) is 21.6 Å². The molecule has 0 aliphatic heterocycles. The van der Waals surface area contributed by atoms with Crippen LogP contribution in [0.4, 0.5) is 0 Å². The highest BCUT2D eigenvalue weighted by atomic mass is 32.2. The molecule has 0 bridgehead atoms. The smallest absolute Gasteiger partial charge is 0.264 e. The van der Waals surface area contributed by atoms with Gasteiger partial charge in [-0.2, -0.15) is 0 Å². The lowest BCUT2D eigenvalue weighted by Gasteiger charge is -2.19. The molecular formula is C20H28N2O6S2. The molecular weight excluding hydrogens is 428 g/mol. The van der Waals surface area contributed by atoms with Crippen molar-refractivity contribution in [3.8, 4) is 0 Å². The van der Waals surface area contributed by atoms with Crippen LogP contribution in [0, 0.1) is 0 Å². The summed E-state index contributed by atoms with van der Waals surface area (Å²) in [7, 11) is -7.93. The Morgan fingerprint density at radius 3 is 1.93 bits per heavy atom. The summed E-state index contributed by atoms with van der Waals surface area (Å²) < 4.78 is 53.9. The second-order valence-electron chi connectivity index (χ2n) is 8.23. The predicted molar refractivity (Wildman–Crippen MR) is 116 cm³/mol. The van der Waals surface area contributed by atoms with Gasteiger partial charge in [0.2, 0.25) is 10.0 Å². The van der Waals surface area contributed by atoms with Gasteiger partial charge in [0.15, 0.2) is 0 Å². The van der Waals surface area contributed by atoms with Crippen LogP contribution in [0.25, 0.3) is 0 Å². The van der Waals surface area contributed by atoms with Crippen molar-refractivity contribution >= 4 is 26.0 Å². The van der Waals surface area contributed by atoms with Crippen LogP contribution in [0.1, 0.15) is 56.5 Å². The molecule has 1 aromatic carbocycles. The summed E-state index contributed by atoms with van der Waals surface area (Å²) >= 11 is 0. The van der Waals surface area contributed by atoms with Crippen molar-refractivity contribution in [1.29, 1.82) is 0 Å². The Labute approximate surface area is 178 Å². The van der Waals surface area contributed by atoms with Crippen LogP contribution in [0.5, 0.6) is 0 Å². The van der Waals surface area contributed by atoms with E-state index in [4.69, 9.17) is 5.11 Å². The molecule has 8 nitrogen and oxygen atoms in total. The van der Waals surface area contributed by atoms with Gasteiger partial charge in [0.25, 0.3) is 15.9 Å². The van der Waals surface area contributed by atoms with E-state index in [-0.39, 0.29) is 40.2 Å². The van der Waals surface area contributed by atoms with Crippen molar-refractivity contribution < 1.29 is 26.7 Å². The lowest BCUT2D eigenvalue weighted by atomic mass is 9.87. The summed E-state index contributed by atoms with van der Waals surface area (Å²) in [6, 6.07) is 6.04. The molecule has 0 spiro atoms. The fraction of sp³-hybridized carbons (Fsp3) is 0.450. The number of carbonyl (C=O) groups is 1. The van der Waals surface area contributed by atoms with Crippen LogP contribution in [0.2, 0.25) is 0 Å². The normalized spacial score (nSPS) is 16.4. The average Bonchev–Trinajstić information content (AvgIpc) is 2.66. The SMILES string of the molecule is CC(CO)NS(=O)(=O)C1=CC=C(S(=O)(=O)NC(=O)c2ccc(C(C)(C)C)cc2)CC1. The van der Waals surface area contributed by atoms with E-state index in [1.165, 1.54) is 19.1 Å². The van der Waals surface area contributed by atoms with Crippen LogP contribution in [-0.4, -0.2) is 40.5 Å². The summed E-state index contributed by atoms with van der Waals surface area (Å²) in [6.45, 7) is 7.25. The van der Waals surface area contributed by atoms with Gasteiger partial charge in [-0.3, -0.25) is 4.79 Å².